The Balaban J connectivity index is 0.00000256. The van der Waals surface area contributed by atoms with Crippen molar-refractivity contribution in [3.05, 3.63) is 18.2 Å². The standard InChI is InChI=1S/C9H14N4O3.Cr/c1-4(10)8(14)6(7(11)9(15)16)5-2-12-3-13-5;/h2-4,6-7H,10-11H2,1H3,(H,12,13)(H,15,16);/t4-,6?,7-;/m0./s1. The number of ketones is 1. The van der Waals surface area contributed by atoms with E-state index in [-0.39, 0.29) is 17.4 Å². The van der Waals surface area contributed by atoms with Crippen molar-refractivity contribution in [3.8, 4) is 0 Å². The number of carboxylic acids is 1. The normalized spacial score (nSPS) is 15.5. The van der Waals surface area contributed by atoms with Crippen LogP contribution in [0.1, 0.15) is 18.5 Å². The Bertz CT molecular complexity index is 380. The van der Waals surface area contributed by atoms with Gasteiger partial charge in [-0.05, 0) is 6.92 Å². The molecule has 3 atom stereocenters. The number of nitrogens with one attached hydrogen (secondary N) is 1. The Labute approximate surface area is 109 Å². The number of rotatable bonds is 5. The predicted molar refractivity (Wildman–Crippen MR) is 55.6 cm³/mol. The van der Waals surface area contributed by atoms with Crippen molar-refractivity contribution in [1.29, 1.82) is 0 Å². The van der Waals surface area contributed by atoms with Crippen molar-refractivity contribution >= 4 is 11.8 Å². The Morgan fingerprint density at radius 3 is 2.41 bits per heavy atom. The number of carboxylic acid groups (broad SMARTS) is 1. The first-order chi connectivity index (χ1) is 7.45. The van der Waals surface area contributed by atoms with Gasteiger partial charge in [-0.25, -0.2) is 4.98 Å². The van der Waals surface area contributed by atoms with Gasteiger partial charge in [-0.2, -0.15) is 0 Å². The van der Waals surface area contributed by atoms with Crippen LogP contribution >= 0.6 is 0 Å². The fourth-order valence-electron chi connectivity index (χ4n) is 1.39. The molecule has 0 fully saturated rings. The van der Waals surface area contributed by atoms with E-state index in [9.17, 15) is 9.59 Å². The molecule has 1 aromatic rings. The molecule has 0 radical (unpaired) electrons. The quantitative estimate of drug-likeness (QED) is 0.535. The number of Topliss-reactive ketones (excluding diaryl/α,β-unsaturated/α-hetero) is 1. The third kappa shape index (κ3) is 3.64. The number of carbonyl (C=O) groups excluding carboxylic acids is 1. The van der Waals surface area contributed by atoms with E-state index < -0.39 is 29.8 Å². The van der Waals surface area contributed by atoms with E-state index in [2.05, 4.69) is 9.97 Å². The Kier molecular flexibility index (Phi) is 6.06. The van der Waals surface area contributed by atoms with Gasteiger partial charge in [0.1, 0.15) is 6.04 Å². The van der Waals surface area contributed by atoms with Crippen molar-refractivity contribution in [2.45, 2.75) is 24.9 Å². The van der Waals surface area contributed by atoms with Gasteiger partial charge in [0.25, 0.3) is 0 Å². The number of aromatic amines is 1. The first kappa shape index (κ1) is 15.8. The molecule has 0 aliphatic rings. The van der Waals surface area contributed by atoms with Crippen molar-refractivity contribution < 1.29 is 32.1 Å². The van der Waals surface area contributed by atoms with E-state index >= 15 is 0 Å². The molecule has 7 nitrogen and oxygen atoms in total. The molecular weight excluding hydrogens is 264 g/mol. The largest absolute Gasteiger partial charge is 0.480 e. The maximum Gasteiger partial charge on any atom is 0.321 e. The van der Waals surface area contributed by atoms with Gasteiger partial charge in [0.15, 0.2) is 5.78 Å². The molecule has 1 unspecified atom stereocenters. The summed E-state index contributed by atoms with van der Waals surface area (Å²) in [4.78, 5) is 29.0. The summed E-state index contributed by atoms with van der Waals surface area (Å²) >= 11 is 0. The number of aliphatic carboxylic acids is 1. The summed E-state index contributed by atoms with van der Waals surface area (Å²) in [5, 5.41) is 8.83. The summed E-state index contributed by atoms with van der Waals surface area (Å²) in [5.74, 6) is -2.69. The summed E-state index contributed by atoms with van der Waals surface area (Å²) in [6.07, 6.45) is 2.72. The van der Waals surface area contributed by atoms with Crippen LogP contribution in [-0.2, 0) is 27.0 Å². The van der Waals surface area contributed by atoms with Gasteiger partial charge in [0, 0.05) is 29.3 Å². The molecule has 0 aromatic carbocycles. The molecule has 1 aromatic heterocycles. The molecule has 8 heteroatoms. The second-order valence-electron chi connectivity index (χ2n) is 3.54. The average molecular weight is 278 g/mol. The maximum absolute atomic E-state index is 11.8. The molecule has 0 aliphatic heterocycles. The number of H-pyrrole nitrogens is 1. The Morgan fingerprint density at radius 1 is 1.47 bits per heavy atom. The molecule has 0 amide bonds. The summed E-state index contributed by atoms with van der Waals surface area (Å²) in [5.41, 5.74) is 11.3. The maximum atomic E-state index is 11.8. The second-order valence-corrected chi connectivity index (χ2v) is 3.54. The number of nitrogens with two attached hydrogens (primary N) is 2. The molecular formula is C9H14CrN4O3. The fourth-order valence-corrected chi connectivity index (χ4v) is 1.39. The molecule has 0 bridgehead atoms. The molecule has 0 saturated carbocycles. The molecule has 1 rings (SSSR count). The van der Waals surface area contributed by atoms with Gasteiger partial charge in [-0.3, -0.25) is 9.59 Å². The third-order valence-electron chi connectivity index (χ3n) is 2.25. The molecule has 17 heavy (non-hydrogen) atoms. The molecule has 0 spiro atoms. The van der Waals surface area contributed by atoms with E-state index in [4.69, 9.17) is 16.6 Å². The SMILES string of the molecule is C[C@H](N)C(=O)C(c1cnc[nH]1)[C@H](N)C(=O)O.[Cr]. The van der Waals surface area contributed by atoms with Gasteiger partial charge in [-0.15, -0.1) is 0 Å². The van der Waals surface area contributed by atoms with Gasteiger partial charge in [-0.1, -0.05) is 0 Å². The second kappa shape index (κ2) is 6.52. The molecule has 6 N–H and O–H groups in total. The van der Waals surface area contributed by atoms with E-state index in [1.165, 1.54) is 19.4 Å². The average Bonchev–Trinajstić information content (AvgIpc) is 2.70. The van der Waals surface area contributed by atoms with E-state index in [0.29, 0.717) is 5.69 Å². The van der Waals surface area contributed by atoms with Crippen LogP contribution < -0.4 is 11.5 Å². The smallest absolute Gasteiger partial charge is 0.321 e. The molecule has 0 aliphatic carbocycles. The van der Waals surface area contributed by atoms with Crippen molar-refractivity contribution in [3.63, 3.8) is 0 Å². The van der Waals surface area contributed by atoms with Crippen LogP contribution in [0, 0.1) is 0 Å². The molecule has 1 heterocycles. The zero-order chi connectivity index (χ0) is 12.3. The first-order valence-electron chi connectivity index (χ1n) is 4.71. The number of imidazole rings is 1. The summed E-state index contributed by atoms with van der Waals surface area (Å²) in [7, 11) is 0. The van der Waals surface area contributed by atoms with Crippen LogP contribution in [-0.4, -0.2) is 38.9 Å². The topological polar surface area (TPSA) is 135 Å². The van der Waals surface area contributed by atoms with E-state index in [1.807, 2.05) is 0 Å². The monoisotopic (exact) mass is 278 g/mol. The van der Waals surface area contributed by atoms with Crippen LogP contribution in [0.25, 0.3) is 0 Å². The molecule has 0 saturated heterocycles. The van der Waals surface area contributed by atoms with Crippen LogP contribution in [0.4, 0.5) is 0 Å². The van der Waals surface area contributed by atoms with E-state index in [1.54, 1.807) is 0 Å². The van der Waals surface area contributed by atoms with Crippen LogP contribution in [0.15, 0.2) is 12.5 Å². The summed E-state index contributed by atoms with van der Waals surface area (Å²) < 4.78 is 0. The van der Waals surface area contributed by atoms with Gasteiger partial charge in [0.2, 0.25) is 0 Å². The first-order valence-corrected chi connectivity index (χ1v) is 4.71. The Hall–Kier alpha value is -1.20. The van der Waals surface area contributed by atoms with Crippen molar-refractivity contribution in [1.82, 2.24) is 9.97 Å². The zero-order valence-electron chi connectivity index (χ0n) is 9.16. The number of hydrogen-bond donors (Lipinski definition) is 4. The number of aromatic nitrogens is 2. The van der Waals surface area contributed by atoms with Crippen LogP contribution in [0.2, 0.25) is 0 Å². The van der Waals surface area contributed by atoms with Gasteiger partial charge >= 0.3 is 5.97 Å². The summed E-state index contributed by atoms with van der Waals surface area (Å²) in [6, 6.07) is -2.11. The van der Waals surface area contributed by atoms with Crippen LogP contribution in [0.5, 0.6) is 0 Å². The minimum atomic E-state index is -1.33. The number of hydrogen-bond acceptors (Lipinski definition) is 5. The predicted octanol–water partition coefficient (Wildman–Crippen LogP) is -1.18. The minimum Gasteiger partial charge on any atom is -0.480 e. The van der Waals surface area contributed by atoms with Gasteiger partial charge < -0.3 is 21.6 Å². The van der Waals surface area contributed by atoms with Crippen molar-refractivity contribution in [2.24, 2.45) is 11.5 Å². The minimum absolute atomic E-state index is 0. The Morgan fingerprint density at radius 2 is 2.06 bits per heavy atom. The fraction of sp³-hybridized carbons (Fsp3) is 0.444. The summed E-state index contributed by atoms with van der Waals surface area (Å²) in [6.45, 7) is 1.49. The zero-order valence-corrected chi connectivity index (χ0v) is 10.4. The van der Waals surface area contributed by atoms with E-state index in [0.717, 1.165) is 0 Å². The third-order valence-corrected chi connectivity index (χ3v) is 2.25. The number of nitrogens with zero attached hydrogens (tertiary/aromatic N) is 1. The van der Waals surface area contributed by atoms with Gasteiger partial charge in [0.05, 0.1) is 18.3 Å². The molecule has 94 valence electrons. The number of carbonyl (C=O) groups is 2. The van der Waals surface area contributed by atoms with Crippen LogP contribution in [0.3, 0.4) is 0 Å². The van der Waals surface area contributed by atoms with Crippen molar-refractivity contribution in [2.75, 3.05) is 0 Å².